The summed E-state index contributed by atoms with van der Waals surface area (Å²) in [5.74, 6) is -1.05. The van der Waals surface area contributed by atoms with E-state index in [4.69, 9.17) is 4.74 Å². The number of ketones is 1. The largest absolute Gasteiger partial charge is 0.507 e. The Bertz CT molecular complexity index is 1120. The van der Waals surface area contributed by atoms with Crippen molar-refractivity contribution in [3.63, 3.8) is 0 Å². The number of ether oxygens (including phenoxy) is 1. The molecule has 2 aromatic carbocycles. The summed E-state index contributed by atoms with van der Waals surface area (Å²) in [6.07, 6.45) is 1.58. The molecule has 1 aliphatic heterocycles. The Labute approximate surface area is 178 Å². The Kier molecular flexibility index (Phi) is 5.37. The number of hydrogen-bond acceptors (Lipinski definition) is 6. The summed E-state index contributed by atoms with van der Waals surface area (Å²) < 4.78 is 5.60. The summed E-state index contributed by atoms with van der Waals surface area (Å²) in [6, 6.07) is 13.5. The zero-order valence-electron chi connectivity index (χ0n) is 16.5. The summed E-state index contributed by atoms with van der Waals surface area (Å²) in [5, 5.41) is 13.2. The molecular weight excluding hydrogens is 400 g/mol. The van der Waals surface area contributed by atoms with Crippen LogP contribution >= 0.6 is 11.3 Å². The van der Waals surface area contributed by atoms with E-state index in [2.05, 4.69) is 4.98 Å². The number of nitrogens with zero attached hydrogens (tertiary/aromatic N) is 2. The molecule has 1 aliphatic rings. The van der Waals surface area contributed by atoms with Gasteiger partial charge in [-0.2, -0.15) is 0 Å². The molecule has 4 rings (SSSR count). The second-order valence-electron chi connectivity index (χ2n) is 6.86. The van der Waals surface area contributed by atoms with Crippen molar-refractivity contribution >= 4 is 33.9 Å². The number of hydrogen-bond donors (Lipinski definition) is 1. The Morgan fingerprint density at radius 1 is 1.20 bits per heavy atom. The molecule has 1 aromatic heterocycles. The van der Waals surface area contributed by atoms with Gasteiger partial charge in [-0.25, -0.2) is 4.98 Å². The molecular formula is C23H20N2O4S. The maximum Gasteiger partial charge on any atom is 0.301 e. The number of aliphatic hydroxyl groups is 1. The predicted molar refractivity (Wildman–Crippen MR) is 116 cm³/mol. The molecule has 0 aliphatic carbocycles. The number of anilines is 1. The summed E-state index contributed by atoms with van der Waals surface area (Å²) in [6.45, 7) is 4.30. The standard InChI is InChI=1S/C23H20N2O4S/c1-3-29-17-6-4-5-16(13-17)19-18(20(26)15-9-7-14(2)8-10-15)21(27)22(28)25(19)23-24-11-12-30-23/h4-13,19,26H,3H2,1-2H3. The summed E-state index contributed by atoms with van der Waals surface area (Å²) in [7, 11) is 0. The highest BCUT2D eigenvalue weighted by atomic mass is 32.1. The Balaban J connectivity index is 1.92. The maximum atomic E-state index is 13.0. The minimum atomic E-state index is -0.808. The Hall–Kier alpha value is -3.45. The lowest BCUT2D eigenvalue weighted by molar-refractivity contribution is -0.132. The fourth-order valence-electron chi connectivity index (χ4n) is 3.49. The molecule has 0 radical (unpaired) electrons. The summed E-state index contributed by atoms with van der Waals surface area (Å²) in [4.78, 5) is 31.6. The van der Waals surface area contributed by atoms with E-state index in [1.54, 1.807) is 35.8 Å². The van der Waals surface area contributed by atoms with Crippen LogP contribution in [0.4, 0.5) is 5.13 Å². The van der Waals surface area contributed by atoms with Gasteiger partial charge in [-0.15, -0.1) is 11.3 Å². The Morgan fingerprint density at radius 2 is 1.97 bits per heavy atom. The molecule has 7 heteroatoms. The number of carbonyl (C=O) groups excluding carboxylic acids is 2. The third-order valence-corrected chi connectivity index (χ3v) is 5.65. The third kappa shape index (κ3) is 3.48. The molecule has 1 unspecified atom stereocenters. The van der Waals surface area contributed by atoms with Gasteiger partial charge in [0.25, 0.3) is 5.78 Å². The first-order valence-electron chi connectivity index (χ1n) is 9.51. The lowest BCUT2D eigenvalue weighted by Crippen LogP contribution is -2.29. The van der Waals surface area contributed by atoms with Crippen molar-refractivity contribution in [2.45, 2.75) is 19.9 Å². The van der Waals surface area contributed by atoms with Gasteiger partial charge in [0.15, 0.2) is 5.13 Å². The van der Waals surface area contributed by atoms with Crippen molar-refractivity contribution in [1.82, 2.24) is 4.98 Å². The van der Waals surface area contributed by atoms with E-state index in [0.29, 0.717) is 28.6 Å². The van der Waals surface area contributed by atoms with Crippen molar-refractivity contribution in [1.29, 1.82) is 0 Å². The molecule has 0 spiro atoms. The lowest BCUT2D eigenvalue weighted by Gasteiger charge is -2.23. The van der Waals surface area contributed by atoms with Crippen LogP contribution in [0.15, 0.2) is 65.7 Å². The van der Waals surface area contributed by atoms with Crippen molar-refractivity contribution in [2.24, 2.45) is 0 Å². The topological polar surface area (TPSA) is 79.7 Å². The maximum absolute atomic E-state index is 13.0. The van der Waals surface area contributed by atoms with Crippen LogP contribution in [-0.2, 0) is 9.59 Å². The quantitative estimate of drug-likeness (QED) is 0.374. The van der Waals surface area contributed by atoms with E-state index < -0.39 is 17.7 Å². The highest BCUT2D eigenvalue weighted by Crippen LogP contribution is 2.43. The molecule has 2 heterocycles. The number of Topliss-reactive ketones (excluding diaryl/α,β-unsaturated/α-hetero) is 1. The first-order valence-corrected chi connectivity index (χ1v) is 10.4. The van der Waals surface area contributed by atoms with E-state index in [9.17, 15) is 14.7 Å². The van der Waals surface area contributed by atoms with Crippen LogP contribution in [0.1, 0.15) is 29.7 Å². The zero-order chi connectivity index (χ0) is 21.3. The van der Waals surface area contributed by atoms with Gasteiger partial charge >= 0.3 is 5.91 Å². The SMILES string of the molecule is CCOc1cccc(C2C(=C(O)c3ccc(C)cc3)C(=O)C(=O)N2c2nccs2)c1. The number of aromatic nitrogens is 1. The van der Waals surface area contributed by atoms with Crippen LogP contribution in [0.3, 0.4) is 0 Å². The molecule has 1 atom stereocenters. The van der Waals surface area contributed by atoms with Crippen molar-refractivity contribution in [3.05, 3.63) is 82.4 Å². The van der Waals surface area contributed by atoms with Crippen LogP contribution in [-0.4, -0.2) is 28.4 Å². The minimum Gasteiger partial charge on any atom is -0.507 e. The molecule has 1 saturated heterocycles. The van der Waals surface area contributed by atoms with Gasteiger partial charge in [0.1, 0.15) is 11.5 Å². The van der Waals surface area contributed by atoms with Gasteiger partial charge in [0.2, 0.25) is 0 Å². The number of rotatable bonds is 5. The van der Waals surface area contributed by atoms with E-state index in [1.165, 1.54) is 16.2 Å². The van der Waals surface area contributed by atoms with Gasteiger partial charge in [-0.1, -0.05) is 42.0 Å². The number of benzene rings is 2. The van der Waals surface area contributed by atoms with Gasteiger partial charge in [-0.05, 0) is 31.5 Å². The number of aryl methyl sites for hydroxylation is 1. The minimum absolute atomic E-state index is 0.0349. The molecule has 3 aromatic rings. The first-order chi connectivity index (χ1) is 14.5. The zero-order valence-corrected chi connectivity index (χ0v) is 17.3. The van der Waals surface area contributed by atoms with Crippen LogP contribution in [0, 0.1) is 6.92 Å². The second kappa shape index (κ2) is 8.12. The second-order valence-corrected chi connectivity index (χ2v) is 7.73. The van der Waals surface area contributed by atoms with Crippen molar-refractivity contribution in [3.8, 4) is 5.75 Å². The average Bonchev–Trinajstić information content (AvgIpc) is 3.36. The fourth-order valence-corrected chi connectivity index (χ4v) is 4.16. The highest BCUT2D eigenvalue weighted by molar-refractivity contribution is 7.14. The van der Waals surface area contributed by atoms with Gasteiger partial charge in [0, 0.05) is 17.1 Å². The number of thiazole rings is 1. The molecule has 0 saturated carbocycles. The van der Waals surface area contributed by atoms with E-state index >= 15 is 0 Å². The van der Waals surface area contributed by atoms with Gasteiger partial charge in [-0.3, -0.25) is 14.5 Å². The predicted octanol–water partition coefficient (Wildman–Crippen LogP) is 4.48. The van der Waals surface area contributed by atoms with Crippen LogP contribution in [0.5, 0.6) is 5.75 Å². The van der Waals surface area contributed by atoms with Gasteiger partial charge in [0.05, 0.1) is 18.2 Å². The van der Waals surface area contributed by atoms with E-state index in [-0.39, 0.29) is 11.3 Å². The lowest BCUT2D eigenvalue weighted by atomic mass is 9.95. The highest BCUT2D eigenvalue weighted by Gasteiger charge is 2.48. The molecule has 0 bridgehead atoms. The smallest absolute Gasteiger partial charge is 0.301 e. The molecule has 152 valence electrons. The van der Waals surface area contributed by atoms with E-state index in [1.807, 2.05) is 38.1 Å². The molecule has 30 heavy (non-hydrogen) atoms. The Morgan fingerprint density at radius 3 is 2.63 bits per heavy atom. The summed E-state index contributed by atoms with van der Waals surface area (Å²) in [5.41, 5.74) is 2.19. The molecule has 6 nitrogen and oxygen atoms in total. The molecule has 1 fully saturated rings. The average molecular weight is 420 g/mol. The van der Waals surface area contributed by atoms with Crippen LogP contribution in [0.25, 0.3) is 5.76 Å². The van der Waals surface area contributed by atoms with Crippen LogP contribution in [0.2, 0.25) is 0 Å². The van der Waals surface area contributed by atoms with Crippen LogP contribution < -0.4 is 9.64 Å². The molecule has 1 N–H and O–H groups in total. The number of carbonyl (C=O) groups is 2. The number of aliphatic hydroxyl groups excluding tert-OH is 1. The van der Waals surface area contributed by atoms with E-state index in [0.717, 1.165) is 5.56 Å². The third-order valence-electron chi connectivity index (χ3n) is 4.88. The van der Waals surface area contributed by atoms with Crippen molar-refractivity contribution in [2.75, 3.05) is 11.5 Å². The normalized spacial score (nSPS) is 18.1. The number of amides is 1. The first kappa shape index (κ1) is 19.8. The fraction of sp³-hybridized carbons (Fsp3) is 0.174. The van der Waals surface area contributed by atoms with Gasteiger partial charge < -0.3 is 9.84 Å². The van der Waals surface area contributed by atoms with Crippen molar-refractivity contribution < 1.29 is 19.4 Å². The molecule has 1 amide bonds. The monoisotopic (exact) mass is 420 g/mol. The summed E-state index contributed by atoms with van der Waals surface area (Å²) >= 11 is 1.26.